The molecule has 12 nitrogen and oxygen atoms in total. The highest BCUT2D eigenvalue weighted by atomic mass is 16.8. The molecule has 2 atom stereocenters. The summed E-state index contributed by atoms with van der Waals surface area (Å²) in [5, 5.41) is 13.1. The molecule has 238 valence electrons. The molecule has 0 saturated heterocycles. The molecule has 0 aromatic heterocycles. The molecule has 12 heteroatoms. The molecule has 0 fully saturated rings. The van der Waals surface area contributed by atoms with Crippen molar-refractivity contribution in [2.75, 3.05) is 13.2 Å². The van der Waals surface area contributed by atoms with Gasteiger partial charge >= 0.3 is 24.4 Å². The minimum atomic E-state index is -2.25. The number of carbonyl (C=O) groups is 4. The second kappa shape index (κ2) is 14.6. The average Bonchev–Trinajstić information content (AvgIpc) is 2.80. The molecule has 0 bridgehead atoms. The fourth-order valence-corrected chi connectivity index (χ4v) is 3.11. The Balaban J connectivity index is 3.47. The number of aliphatic carboxylic acids is 1. The average molecular weight is 598 g/mol. The van der Waals surface area contributed by atoms with Gasteiger partial charge in [-0.3, -0.25) is 5.32 Å². The number of hydrogen-bond acceptors (Lipinski definition) is 11. The second-order valence-electron chi connectivity index (χ2n) is 13.5. The minimum Gasteiger partial charge on any atom is -0.477 e. The third-order valence-electron chi connectivity index (χ3n) is 5.18. The summed E-state index contributed by atoms with van der Waals surface area (Å²) in [6.45, 7) is 19.7. The molecule has 0 spiro atoms. The Morgan fingerprint density at radius 1 is 0.786 bits per heavy atom. The Labute approximate surface area is 248 Å². The Hall–Kier alpha value is -3.54. The van der Waals surface area contributed by atoms with Crippen molar-refractivity contribution in [2.24, 2.45) is 10.8 Å². The Morgan fingerprint density at radius 2 is 1.29 bits per heavy atom. The van der Waals surface area contributed by atoms with E-state index in [-0.39, 0.29) is 47.1 Å². The molecular formula is C30H47NO11. The van der Waals surface area contributed by atoms with Crippen LogP contribution < -0.4 is 14.8 Å². The van der Waals surface area contributed by atoms with Crippen molar-refractivity contribution in [3.63, 3.8) is 0 Å². The van der Waals surface area contributed by atoms with E-state index in [1.54, 1.807) is 27.7 Å². The highest BCUT2D eigenvalue weighted by Crippen LogP contribution is 2.32. The summed E-state index contributed by atoms with van der Waals surface area (Å²) in [6, 6.07) is 3.66. The van der Waals surface area contributed by atoms with Crippen LogP contribution in [0, 0.1) is 10.8 Å². The molecule has 0 amide bonds. The smallest absolute Gasteiger partial charge is 0.477 e. The zero-order chi connectivity index (χ0) is 32.5. The molecule has 0 aliphatic carbocycles. The SMILES string of the molecule is CCC(C)N[C@@](Cc1ccc(OC(=O)OCC(C)(C)C)c(OC(=O)OCC(C)(C)C)c1)(OC(=O)OC(C)(C)C)C(=O)O. The summed E-state index contributed by atoms with van der Waals surface area (Å²) in [4.78, 5) is 50.1. The number of hydrogen-bond donors (Lipinski definition) is 2. The van der Waals surface area contributed by atoms with E-state index >= 15 is 0 Å². The van der Waals surface area contributed by atoms with Crippen LogP contribution >= 0.6 is 0 Å². The van der Waals surface area contributed by atoms with Gasteiger partial charge in [0.2, 0.25) is 0 Å². The molecule has 1 unspecified atom stereocenters. The van der Waals surface area contributed by atoms with E-state index in [9.17, 15) is 24.3 Å². The van der Waals surface area contributed by atoms with E-state index in [1.165, 1.54) is 18.2 Å². The number of carboxylic acid groups (broad SMARTS) is 1. The van der Waals surface area contributed by atoms with Crippen molar-refractivity contribution in [2.45, 2.75) is 106 Å². The molecule has 1 aromatic carbocycles. The molecule has 0 heterocycles. The Morgan fingerprint density at radius 3 is 1.71 bits per heavy atom. The van der Waals surface area contributed by atoms with Crippen molar-refractivity contribution in [3.8, 4) is 11.5 Å². The number of nitrogens with one attached hydrogen (secondary N) is 1. The summed E-state index contributed by atoms with van der Waals surface area (Å²) in [5.74, 6) is -1.89. The summed E-state index contributed by atoms with van der Waals surface area (Å²) >= 11 is 0. The lowest BCUT2D eigenvalue weighted by Crippen LogP contribution is -2.60. The molecule has 0 saturated carbocycles. The van der Waals surface area contributed by atoms with Crippen LogP contribution in [0.25, 0.3) is 0 Å². The maximum absolute atomic E-state index is 12.6. The Bertz CT molecular complexity index is 1100. The molecule has 2 N–H and O–H groups in total. The molecule has 1 aromatic rings. The van der Waals surface area contributed by atoms with Crippen LogP contribution in [-0.4, -0.2) is 60.1 Å². The summed E-state index contributed by atoms with van der Waals surface area (Å²) in [6.07, 6.45) is -3.18. The largest absolute Gasteiger partial charge is 0.513 e. The lowest BCUT2D eigenvalue weighted by atomic mass is 9.99. The normalized spacial score (nSPS) is 14.2. The van der Waals surface area contributed by atoms with Crippen LogP contribution in [0.4, 0.5) is 14.4 Å². The highest BCUT2D eigenvalue weighted by Gasteiger charge is 2.45. The quantitative estimate of drug-likeness (QED) is 0.124. The van der Waals surface area contributed by atoms with Gasteiger partial charge in [0.1, 0.15) is 5.60 Å². The maximum atomic E-state index is 12.6. The van der Waals surface area contributed by atoms with Gasteiger partial charge in [-0.1, -0.05) is 54.5 Å². The molecule has 42 heavy (non-hydrogen) atoms. The molecular weight excluding hydrogens is 550 g/mol. The van der Waals surface area contributed by atoms with Crippen LogP contribution in [0.5, 0.6) is 11.5 Å². The van der Waals surface area contributed by atoms with Crippen LogP contribution in [-0.2, 0) is 30.2 Å². The first kappa shape index (κ1) is 36.5. The van der Waals surface area contributed by atoms with Crippen molar-refractivity contribution < 1.29 is 52.7 Å². The molecule has 0 aliphatic rings. The fraction of sp³-hybridized carbons (Fsp3) is 0.667. The van der Waals surface area contributed by atoms with Gasteiger partial charge in [-0.25, -0.2) is 19.2 Å². The topological polar surface area (TPSA) is 156 Å². The van der Waals surface area contributed by atoms with Gasteiger partial charge in [0.05, 0.1) is 13.2 Å². The van der Waals surface area contributed by atoms with Gasteiger partial charge in [-0.05, 0) is 62.6 Å². The number of benzene rings is 1. The molecule has 0 aliphatic heterocycles. The van der Waals surface area contributed by atoms with E-state index < -0.39 is 42.2 Å². The summed E-state index contributed by atoms with van der Waals surface area (Å²) in [5.41, 5.74) is -3.61. The maximum Gasteiger partial charge on any atom is 0.513 e. The first-order valence-electron chi connectivity index (χ1n) is 13.8. The lowest BCUT2D eigenvalue weighted by molar-refractivity contribution is -0.169. The Kier molecular flexibility index (Phi) is 12.7. The van der Waals surface area contributed by atoms with E-state index in [2.05, 4.69) is 5.32 Å². The summed E-state index contributed by atoms with van der Waals surface area (Å²) < 4.78 is 31.6. The van der Waals surface area contributed by atoms with E-state index in [1.807, 2.05) is 48.5 Å². The zero-order valence-corrected chi connectivity index (χ0v) is 26.7. The number of carboxylic acids is 1. The van der Waals surface area contributed by atoms with Gasteiger partial charge in [0, 0.05) is 12.5 Å². The molecule has 1 rings (SSSR count). The molecule has 0 radical (unpaired) electrons. The summed E-state index contributed by atoms with van der Waals surface area (Å²) in [7, 11) is 0. The number of carbonyl (C=O) groups excluding carboxylic acids is 3. The monoisotopic (exact) mass is 597 g/mol. The van der Waals surface area contributed by atoms with Gasteiger partial charge < -0.3 is 33.5 Å². The number of ether oxygens (including phenoxy) is 6. The van der Waals surface area contributed by atoms with Crippen LogP contribution in [0.15, 0.2) is 18.2 Å². The third kappa shape index (κ3) is 13.9. The van der Waals surface area contributed by atoms with Gasteiger partial charge in [-0.2, -0.15) is 0 Å². The number of rotatable bonds is 11. The van der Waals surface area contributed by atoms with Gasteiger partial charge in [-0.15, -0.1) is 0 Å². The third-order valence-corrected chi connectivity index (χ3v) is 5.18. The van der Waals surface area contributed by atoms with E-state index in [4.69, 9.17) is 28.4 Å². The second-order valence-corrected chi connectivity index (χ2v) is 13.5. The lowest BCUT2D eigenvalue weighted by Gasteiger charge is -2.33. The van der Waals surface area contributed by atoms with Crippen molar-refractivity contribution in [3.05, 3.63) is 23.8 Å². The van der Waals surface area contributed by atoms with Crippen molar-refractivity contribution in [1.82, 2.24) is 5.32 Å². The standard InChI is InChI=1S/C30H47NO11/c1-12-19(2)31-30(23(32)33,42-26(36)41-29(9,10)11)16-20-13-14-21(39-24(34)37-17-27(3,4)5)22(15-20)40-25(35)38-18-28(6,7)8/h13-15,19,31H,12,16-18H2,1-11H3,(H,32,33)/t19?,30-/m0/s1. The van der Waals surface area contributed by atoms with Crippen molar-refractivity contribution in [1.29, 1.82) is 0 Å². The van der Waals surface area contributed by atoms with Crippen LogP contribution in [0.1, 0.15) is 88.1 Å². The first-order valence-corrected chi connectivity index (χ1v) is 13.8. The van der Waals surface area contributed by atoms with Crippen molar-refractivity contribution >= 4 is 24.4 Å². The predicted octanol–water partition coefficient (Wildman–Crippen LogP) is 6.47. The highest BCUT2D eigenvalue weighted by molar-refractivity contribution is 5.80. The van der Waals surface area contributed by atoms with Crippen LogP contribution in [0.2, 0.25) is 0 Å². The van der Waals surface area contributed by atoms with Crippen LogP contribution in [0.3, 0.4) is 0 Å². The minimum absolute atomic E-state index is 0.0417. The fourth-order valence-electron chi connectivity index (χ4n) is 3.11. The predicted molar refractivity (Wildman–Crippen MR) is 154 cm³/mol. The van der Waals surface area contributed by atoms with Gasteiger partial charge in [0.15, 0.2) is 11.5 Å². The van der Waals surface area contributed by atoms with E-state index in [0.29, 0.717) is 6.42 Å². The van der Waals surface area contributed by atoms with Gasteiger partial charge in [0.25, 0.3) is 5.72 Å². The van der Waals surface area contributed by atoms with E-state index in [0.717, 1.165) is 0 Å². The zero-order valence-electron chi connectivity index (χ0n) is 26.7. The first-order chi connectivity index (χ1) is 19.0.